The highest BCUT2D eigenvalue weighted by molar-refractivity contribution is 6.03. The van der Waals surface area contributed by atoms with E-state index in [4.69, 9.17) is 0 Å². The van der Waals surface area contributed by atoms with Crippen LogP contribution < -0.4 is 10.2 Å². The lowest BCUT2D eigenvalue weighted by atomic mass is 9.92. The number of rotatable bonds is 4. The van der Waals surface area contributed by atoms with Crippen molar-refractivity contribution in [3.05, 3.63) is 60.7 Å². The van der Waals surface area contributed by atoms with Crippen molar-refractivity contribution in [2.24, 2.45) is 0 Å². The summed E-state index contributed by atoms with van der Waals surface area (Å²) in [6.45, 7) is 0. The van der Waals surface area contributed by atoms with Crippen LogP contribution in [0.3, 0.4) is 0 Å². The van der Waals surface area contributed by atoms with Crippen LogP contribution in [-0.4, -0.2) is 20.1 Å². The second-order valence-electron chi connectivity index (χ2n) is 7.63. The molecule has 0 radical (unpaired) electrons. The van der Waals surface area contributed by atoms with Crippen LogP contribution in [0.25, 0.3) is 21.9 Å². The molecule has 0 bridgehead atoms. The Labute approximate surface area is 156 Å². The molecule has 3 aromatic carbocycles. The van der Waals surface area contributed by atoms with Crippen LogP contribution in [0.4, 0.5) is 11.4 Å². The highest BCUT2D eigenvalue weighted by Gasteiger charge is 2.16. The number of fused-ring (bicyclic) bond motifs is 1. The second-order valence-corrected chi connectivity index (χ2v) is 7.63. The van der Waals surface area contributed by atoms with E-state index in [1.165, 1.54) is 65.4 Å². The molecule has 0 unspecified atom stereocenters. The Hall–Kier alpha value is -2.48. The molecule has 0 heterocycles. The Balaban J connectivity index is 1.79. The Bertz CT molecular complexity index is 874. The standard InChI is InChI=1S/C24H28N2/c1-26(2)21-15-12-19(13-16-21)24-22-11-7-6-8-18(22)14-17-23(24)25-20-9-4-3-5-10-20/h6-8,11-17,20,25H,3-5,9-10H2,1-2H3. The third-order valence-corrected chi connectivity index (χ3v) is 5.57. The zero-order valence-corrected chi connectivity index (χ0v) is 15.8. The van der Waals surface area contributed by atoms with Gasteiger partial charge in [0.05, 0.1) is 0 Å². The van der Waals surface area contributed by atoms with Crippen LogP contribution in [0.2, 0.25) is 0 Å². The van der Waals surface area contributed by atoms with Gasteiger partial charge in [-0.25, -0.2) is 0 Å². The summed E-state index contributed by atoms with van der Waals surface area (Å²) >= 11 is 0. The van der Waals surface area contributed by atoms with Gasteiger partial charge < -0.3 is 10.2 Å². The van der Waals surface area contributed by atoms with Gasteiger partial charge in [0.2, 0.25) is 0 Å². The molecular weight excluding hydrogens is 316 g/mol. The molecule has 2 heteroatoms. The molecule has 0 saturated heterocycles. The van der Waals surface area contributed by atoms with E-state index in [-0.39, 0.29) is 0 Å². The first-order valence-corrected chi connectivity index (χ1v) is 9.78. The van der Waals surface area contributed by atoms with Crippen molar-refractivity contribution in [1.82, 2.24) is 0 Å². The number of benzene rings is 3. The molecule has 3 aromatic rings. The van der Waals surface area contributed by atoms with E-state index >= 15 is 0 Å². The minimum Gasteiger partial charge on any atom is -0.382 e. The van der Waals surface area contributed by atoms with Crippen LogP contribution in [0.5, 0.6) is 0 Å². The third-order valence-electron chi connectivity index (χ3n) is 5.57. The summed E-state index contributed by atoms with van der Waals surface area (Å²) in [5, 5.41) is 6.49. The molecule has 0 atom stereocenters. The van der Waals surface area contributed by atoms with E-state index in [2.05, 4.69) is 85.0 Å². The summed E-state index contributed by atoms with van der Waals surface area (Å²) < 4.78 is 0. The van der Waals surface area contributed by atoms with Gasteiger partial charge in [-0.05, 0) is 47.4 Å². The predicted molar refractivity (Wildman–Crippen MR) is 114 cm³/mol. The Morgan fingerprint density at radius 3 is 2.27 bits per heavy atom. The van der Waals surface area contributed by atoms with E-state index in [0.29, 0.717) is 6.04 Å². The van der Waals surface area contributed by atoms with E-state index in [0.717, 1.165) is 0 Å². The molecule has 134 valence electrons. The van der Waals surface area contributed by atoms with E-state index in [1.807, 2.05) is 0 Å². The molecular formula is C24H28N2. The summed E-state index contributed by atoms with van der Waals surface area (Å²) in [4.78, 5) is 2.15. The van der Waals surface area contributed by atoms with Gasteiger partial charge in [0.25, 0.3) is 0 Å². The van der Waals surface area contributed by atoms with E-state index < -0.39 is 0 Å². The fourth-order valence-corrected chi connectivity index (χ4v) is 4.10. The molecule has 0 spiro atoms. The number of nitrogens with zero attached hydrogens (tertiary/aromatic N) is 1. The first-order valence-electron chi connectivity index (χ1n) is 9.78. The summed E-state index contributed by atoms with van der Waals surface area (Å²) in [5.74, 6) is 0. The second kappa shape index (κ2) is 7.41. The van der Waals surface area contributed by atoms with Crippen molar-refractivity contribution in [2.75, 3.05) is 24.3 Å². The van der Waals surface area contributed by atoms with Crippen LogP contribution >= 0.6 is 0 Å². The van der Waals surface area contributed by atoms with Crippen molar-refractivity contribution in [1.29, 1.82) is 0 Å². The van der Waals surface area contributed by atoms with Crippen LogP contribution in [0.15, 0.2) is 60.7 Å². The number of hydrogen-bond donors (Lipinski definition) is 1. The summed E-state index contributed by atoms with van der Waals surface area (Å²) in [6, 6.07) is 22.8. The quantitative estimate of drug-likeness (QED) is 0.596. The van der Waals surface area contributed by atoms with Gasteiger partial charge in [-0.2, -0.15) is 0 Å². The summed E-state index contributed by atoms with van der Waals surface area (Å²) in [5.41, 5.74) is 5.12. The molecule has 1 fully saturated rings. The van der Waals surface area contributed by atoms with Gasteiger partial charge in [0.15, 0.2) is 0 Å². The lowest BCUT2D eigenvalue weighted by Gasteiger charge is -2.26. The van der Waals surface area contributed by atoms with E-state index in [1.54, 1.807) is 0 Å². The van der Waals surface area contributed by atoms with Gasteiger partial charge in [-0.3, -0.25) is 0 Å². The van der Waals surface area contributed by atoms with Crippen molar-refractivity contribution in [2.45, 2.75) is 38.1 Å². The fourth-order valence-electron chi connectivity index (χ4n) is 4.10. The van der Waals surface area contributed by atoms with Gasteiger partial charge in [-0.15, -0.1) is 0 Å². The molecule has 2 nitrogen and oxygen atoms in total. The smallest absolute Gasteiger partial charge is 0.0428 e. The minimum absolute atomic E-state index is 0.602. The zero-order chi connectivity index (χ0) is 17.9. The molecule has 1 aliphatic rings. The first-order chi connectivity index (χ1) is 12.7. The Kier molecular flexibility index (Phi) is 4.83. The summed E-state index contributed by atoms with van der Waals surface area (Å²) in [6.07, 6.45) is 6.64. The van der Waals surface area contributed by atoms with Crippen molar-refractivity contribution in [3.63, 3.8) is 0 Å². The van der Waals surface area contributed by atoms with Gasteiger partial charge in [0.1, 0.15) is 0 Å². The van der Waals surface area contributed by atoms with Gasteiger partial charge in [-0.1, -0.05) is 61.7 Å². The number of nitrogens with one attached hydrogen (secondary N) is 1. The molecule has 1 N–H and O–H groups in total. The number of hydrogen-bond acceptors (Lipinski definition) is 2. The van der Waals surface area contributed by atoms with Gasteiger partial charge in [0, 0.05) is 37.1 Å². The van der Waals surface area contributed by atoms with Crippen LogP contribution in [0, 0.1) is 0 Å². The molecule has 0 aromatic heterocycles. The highest BCUT2D eigenvalue weighted by Crippen LogP contribution is 2.37. The van der Waals surface area contributed by atoms with Crippen molar-refractivity contribution in [3.8, 4) is 11.1 Å². The molecule has 0 amide bonds. The minimum atomic E-state index is 0.602. The average molecular weight is 345 g/mol. The zero-order valence-electron chi connectivity index (χ0n) is 15.8. The topological polar surface area (TPSA) is 15.3 Å². The molecule has 1 aliphatic carbocycles. The lowest BCUT2D eigenvalue weighted by Crippen LogP contribution is -2.22. The lowest BCUT2D eigenvalue weighted by molar-refractivity contribution is 0.463. The summed E-state index contributed by atoms with van der Waals surface area (Å²) in [7, 11) is 4.17. The molecule has 4 rings (SSSR count). The average Bonchev–Trinajstić information content (AvgIpc) is 2.69. The SMILES string of the molecule is CN(C)c1ccc(-c2c(NC3CCCCC3)ccc3ccccc23)cc1. The van der Waals surface area contributed by atoms with Crippen LogP contribution in [0.1, 0.15) is 32.1 Å². The molecule has 26 heavy (non-hydrogen) atoms. The van der Waals surface area contributed by atoms with Crippen LogP contribution in [-0.2, 0) is 0 Å². The third kappa shape index (κ3) is 3.41. The van der Waals surface area contributed by atoms with E-state index in [9.17, 15) is 0 Å². The predicted octanol–water partition coefficient (Wildman–Crippen LogP) is 6.32. The number of anilines is 2. The van der Waals surface area contributed by atoms with Crippen molar-refractivity contribution >= 4 is 22.1 Å². The maximum absolute atomic E-state index is 3.87. The monoisotopic (exact) mass is 344 g/mol. The Morgan fingerprint density at radius 1 is 0.808 bits per heavy atom. The Morgan fingerprint density at radius 2 is 1.54 bits per heavy atom. The highest BCUT2D eigenvalue weighted by atomic mass is 15.1. The van der Waals surface area contributed by atoms with Gasteiger partial charge >= 0.3 is 0 Å². The molecule has 0 aliphatic heterocycles. The normalized spacial score (nSPS) is 15.2. The molecule has 1 saturated carbocycles. The maximum atomic E-state index is 3.87. The maximum Gasteiger partial charge on any atom is 0.0428 e. The first kappa shape index (κ1) is 17.0. The van der Waals surface area contributed by atoms with Crippen molar-refractivity contribution < 1.29 is 0 Å². The fraction of sp³-hybridized carbons (Fsp3) is 0.333. The largest absolute Gasteiger partial charge is 0.382 e.